The fraction of sp³-hybridized carbons (Fsp3) is 0.348. The molecular formula is C23H25ClFN3O4. The van der Waals surface area contributed by atoms with Gasteiger partial charge in [-0.15, -0.1) is 0 Å². The molecule has 1 fully saturated rings. The Morgan fingerprint density at radius 2 is 1.75 bits per heavy atom. The molecule has 9 heteroatoms. The van der Waals surface area contributed by atoms with Crippen molar-refractivity contribution in [3.63, 3.8) is 0 Å². The maximum Gasteiger partial charge on any atom is 0.254 e. The molecule has 1 aliphatic heterocycles. The fourth-order valence-corrected chi connectivity index (χ4v) is 3.76. The number of nitrogens with zero attached hydrogens (tertiary/aromatic N) is 2. The quantitative estimate of drug-likeness (QED) is 0.717. The van der Waals surface area contributed by atoms with E-state index in [0.29, 0.717) is 37.5 Å². The summed E-state index contributed by atoms with van der Waals surface area (Å²) >= 11 is 5.88. The largest absolute Gasteiger partial charge is 0.496 e. The zero-order valence-electron chi connectivity index (χ0n) is 18.0. The molecule has 7 nitrogen and oxygen atoms in total. The van der Waals surface area contributed by atoms with Gasteiger partial charge in [-0.3, -0.25) is 14.4 Å². The van der Waals surface area contributed by atoms with Gasteiger partial charge in [0.25, 0.3) is 11.8 Å². The highest BCUT2D eigenvalue weighted by Crippen LogP contribution is 2.21. The molecular weight excluding hydrogens is 437 g/mol. The number of amides is 3. The summed E-state index contributed by atoms with van der Waals surface area (Å²) in [5.74, 6) is -0.542. The van der Waals surface area contributed by atoms with E-state index in [0.717, 1.165) is 17.7 Å². The van der Waals surface area contributed by atoms with Crippen LogP contribution in [0, 0.1) is 12.7 Å². The molecule has 0 atom stereocenters. The van der Waals surface area contributed by atoms with Gasteiger partial charge in [0, 0.05) is 44.7 Å². The normalized spacial score (nSPS) is 13.6. The average Bonchev–Trinajstić information content (AvgIpc) is 2.78. The molecule has 3 amide bonds. The minimum Gasteiger partial charge on any atom is -0.496 e. The van der Waals surface area contributed by atoms with Crippen molar-refractivity contribution >= 4 is 29.3 Å². The fourth-order valence-electron chi connectivity index (χ4n) is 3.50. The molecule has 170 valence electrons. The number of piperazine rings is 1. The first-order chi connectivity index (χ1) is 15.3. The number of nitrogens with one attached hydrogen (secondary N) is 1. The van der Waals surface area contributed by atoms with Crippen molar-refractivity contribution in [2.45, 2.75) is 13.3 Å². The Kier molecular flexibility index (Phi) is 7.69. The lowest BCUT2D eigenvalue weighted by Gasteiger charge is -2.35. The predicted molar refractivity (Wildman–Crippen MR) is 119 cm³/mol. The third-order valence-corrected chi connectivity index (χ3v) is 5.69. The molecule has 0 aliphatic carbocycles. The SMILES string of the molecule is COc1cc(C(=O)N2CCN(C(=O)CCNC(=O)c3ccc(F)cc3Cl)CC2)ccc1C. The summed E-state index contributed by atoms with van der Waals surface area (Å²) in [6.45, 7) is 3.75. The van der Waals surface area contributed by atoms with Gasteiger partial charge in [-0.25, -0.2) is 4.39 Å². The van der Waals surface area contributed by atoms with Gasteiger partial charge in [-0.2, -0.15) is 0 Å². The maximum atomic E-state index is 13.1. The van der Waals surface area contributed by atoms with E-state index in [1.165, 1.54) is 6.07 Å². The van der Waals surface area contributed by atoms with Gasteiger partial charge >= 0.3 is 0 Å². The van der Waals surface area contributed by atoms with Crippen LogP contribution in [-0.4, -0.2) is 67.4 Å². The molecule has 0 bridgehead atoms. The summed E-state index contributed by atoms with van der Waals surface area (Å²) in [6, 6.07) is 8.86. The Morgan fingerprint density at radius 1 is 1.06 bits per heavy atom. The van der Waals surface area contributed by atoms with E-state index >= 15 is 0 Å². The Labute approximate surface area is 191 Å². The lowest BCUT2D eigenvalue weighted by Crippen LogP contribution is -2.51. The first-order valence-electron chi connectivity index (χ1n) is 10.2. The number of methoxy groups -OCH3 is 1. The highest BCUT2D eigenvalue weighted by Gasteiger charge is 2.25. The average molecular weight is 462 g/mol. The van der Waals surface area contributed by atoms with Crippen LogP contribution in [0.25, 0.3) is 0 Å². The first kappa shape index (κ1) is 23.5. The minimum atomic E-state index is -0.527. The molecule has 2 aromatic carbocycles. The summed E-state index contributed by atoms with van der Waals surface area (Å²) in [5.41, 5.74) is 1.66. The zero-order chi connectivity index (χ0) is 23.3. The second-order valence-corrected chi connectivity index (χ2v) is 7.89. The van der Waals surface area contributed by atoms with Crippen molar-refractivity contribution in [2.75, 3.05) is 39.8 Å². The Hall–Kier alpha value is -3.13. The van der Waals surface area contributed by atoms with Crippen LogP contribution in [0.5, 0.6) is 5.75 Å². The molecule has 32 heavy (non-hydrogen) atoms. The molecule has 0 aromatic heterocycles. The lowest BCUT2D eigenvalue weighted by molar-refractivity contribution is -0.132. The summed E-state index contributed by atoms with van der Waals surface area (Å²) in [4.78, 5) is 40.8. The van der Waals surface area contributed by atoms with Crippen LogP contribution in [0.2, 0.25) is 5.02 Å². The van der Waals surface area contributed by atoms with Gasteiger partial charge in [0.1, 0.15) is 11.6 Å². The number of carbonyl (C=O) groups is 3. The molecule has 1 saturated heterocycles. The summed E-state index contributed by atoms with van der Waals surface area (Å²) in [7, 11) is 1.57. The van der Waals surface area contributed by atoms with E-state index in [2.05, 4.69) is 5.32 Å². The van der Waals surface area contributed by atoms with Crippen LogP contribution < -0.4 is 10.1 Å². The van der Waals surface area contributed by atoms with E-state index < -0.39 is 11.7 Å². The van der Waals surface area contributed by atoms with Crippen molar-refractivity contribution < 1.29 is 23.5 Å². The minimum absolute atomic E-state index is 0.0146. The number of benzene rings is 2. The maximum absolute atomic E-state index is 13.1. The summed E-state index contributed by atoms with van der Waals surface area (Å²) in [6.07, 6.45) is 0.119. The number of carbonyl (C=O) groups excluding carboxylic acids is 3. The zero-order valence-corrected chi connectivity index (χ0v) is 18.7. The Balaban J connectivity index is 1.46. The number of halogens is 2. The third kappa shape index (κ3) is 5.56. The molecule has 2 aromatic rings. The van der Waals surface area contributed by atoms with E-state index in [1.54, 1.807) is 29.0 Å². The van der Waals surface area contributed by atoms with Crippen molar-refractivity contribution in [2.24, 2.45) is 0 Å². The van der Waals surface area contributed by atoms with Gasteiger partial charge in [0.15, 0.2) is 0 Å². The van der Waals surface area contributed by atoms with Gasteiger partial charge < -0.3 is 19.9 Å². The number of hydrogen-bond donors (Lipinski definition) is 1. The molecule has 1 heterocycles. The van der Waals surface area contributed by atoms with Gasteiger partial charge in [0.05, 0.1) is 17.7 Å². The second-order valence-electron chi connectivity index (χ2n) is 7.49. The highest BCUT2D eigenvalue weighted by atomic mass is 35.5. The molecule has 3 rings (SSSR count). The van der Waals surface area contributed by atoms with Crippen LogP contribution in [0.4, 0.5) is 4.39 Å². The van der Waals surface area contributed by atoms with Crippen LogP contribution in [0.1, 0.15) is 32.7 Å². The molecule has 0 saturated carbocycles. The third-order valence-electron chi connectivity index (χ3n) is 5.37. The van der Waals surface area contributed by atoms with E-state index in [4.69, 9.17) is 16.3 Å². The first-order valence-corrected chi connectivity index (χ1v) is 10.6. The van der Waals surface area contributed by atoms with E-state index in [-0.39, 0.29) is 35.4 Å². The monoisotopic (exact) mass is 461 g/mol. The number of ether oxygens (including phenoxy) is 1. The molecule has 0 spiro atoms. The highest BCUT2D eigenvalue weighted by molar-refractivity contribution is 6.33. The van der Waals surface area contributed by atoms with Crippen molar-refractivity contribution in [1.82, 2.24) is 15.1 Å². The van der Waals surface area contributed by atoms with E-state index in [1.807, 2.05) is 13.0 Å². The Bertz CT molecular complexity index is 1020. The summed E-state index contributed by atoms with van der Waals surface area (Å²) in [5, 5.41) is 2.64. The number of hydrogen-bond acceptors (Lipinski definition) is 4. The van der Waals surface area contributed by atoms with E-state index in [9.17, 15) is 18.8 Å². The molecule has 1 N–H and O–H groups in total. The van der Waals surface area contributed by atoms with Gasteiger partial charge in [-0.05, 0) is 42.8 Å². The molecule has 0 unspecified atom stereocenters. The number of rotatable bonds is 6. The summed E-state index contributed by atoms with van der Waals surface area (Å²) < 4.78 is 18.4. The van der Waals surface area contributed by atoms with Gasteiger partial charge in [0.2, 0.25) is 5.91 Å². The van der Waals surface area contributed by atoms with Crippen molar-refractivity contribution in [3.05, 3.63) is 63.9 Å². The predicted octanol–water partition coefficient (Wildman–Crippen LogP) is 2.90. The van der Waals surface area contributed by atoms with Crippen LogP contribution in [-0.2, 0) is 4.79 Å². The topological polar surface area (TPSA) is 79.0 Å². The van der Waals surface area contributed by atoms with Gasteiger partial charge in [-0.1, -0.05) is 17.7 Å². The van der Waals surface area contributed by atoms with Crippen LogP contribution in [0.3, 0.4) is 0 Å². The Morgan fingerprint density at radius 3 is 2.41 bits per heavy atom. The second kappa shape index (κ2) is 10.5. The van der Waals surface area contributed by atoms with Crippen molar-refractivity contribution in [1.29, 1.82) is 0 Å². The van der Waals surface area contributed by atoms with Crippen LogP contribution >= 0.6 is 11.6 Å². The molecule has 0 radical (unpaired) electrons. The lowest BCUT2D eigenvalue weighted by atomic mass is 10.1. The smallest absolute Gasteiger partial charge is 0.254 e. The molecule has 1 aliphatic rings. The standard InChI is InChI=1S/C23H25ClFN3O4/c1-15-3-4-16(13-20(15)32-2)23(31)28-11-9-27(10-12-28)21(29)7-8-26-22(30)18-6-5-17(25)14-19(18)24/h3-6,13-14H,7-12H2,1-2H3,(H,26,30). The van der Waals surface area contributed by atoms with Crippen LogP contribution in [0.15, 0.2) is 36.4 Å². The number of aryl methyl sites for hydroxylation is 1. The van der Waals surface area contributed by atoms with Crippen molar-refractivity contribution in [3.8, 4) is 5.75 Å².